The Morgan fingerprint density at radius 1 is 1.04 bits per heavy atom. The number of oxime groups is 1. The molecule has 0 aliphatic carbocycles. The standard InChI is InChI=1S/C17H15BrN2O4/c1-2-20-16(21)9-10(17(20)22)14-15-11(13(9)23-14)12(19-24-15)7-3-5-8(18)6-4-7/h3-6,9-11,13-15H,2H2,1H3/t9-,10+,11+,13-,14-,15-/m1/s1. The summed E-state index contributed by atoms with van der Waals surface area (Å²) in [5, 5.41) is 4.26. The van der Waals surface area contributed by atoms with Gasteiger partial charge in [0.2, 0.25) is 11.8 Å². The summed E-state index contributed by atoms with van der Waals surface area (Å²) in [6.45, 7) is 2.24. The molecular weight excluding hydrogens is 376 g/mol. The average Bonchev–Trinajstić information content (AvgIpc) is 3.29. The fourth-order valence-electron chi connectivity index (χ4n) is 4.59. The van der Waals surface area contributed by atoms with Crippen LogP contribution >= 0.6 is 15.9 Å². The van der Waals surface area contributed by atoms with E-state index in [2.05, 4.69) is 21.1 Å². The van der Waals surface area contributed by atoms with Crippen LogP contribution in [0.4, 0.5) is 0 Å². The predicted molar refractivity (Wildman–Crippen MR) is 87.1 cm³/mol. The van der Waals surface area contributed by atoms with Crippen molar-refractivity contribution in [3.63, 3.8) is 0 Å². The zero-order valence-corrected chi connectivity index (χ0v) is 14.5. The van der Waals surface area contributed by atoms with Crippen molar-refractivity contribution in [2.45, 2.75) is 25.2 Å². The van der Waals surface area contributed by atoms with E-state index in [1.807, 2.05) is 31.2 Å². The first-order chi connectivity index (χ1) is 11.6. The fourth-order valence-corrected chi connectivity index (χ4v) is 4.85. The summed E-state index contributed by atoms with van der Waals surface area (Å²) >= 11 is 3.43. The molecule has 5 rings (SSSR count). The van der Waals surface area contributed by atoms with E-state index in [0.29, 0.717) is 6.54 Å². The number of benzene rings is 1. The summed E-state index contributed by atoms with van der Waals surface area (Å²) in [7, 11) is 0. The minimum Gasteiger partial charge on any atom is -0.389 e. The highest BCUT2D eigenvalue weighted by atomic mass is 79.9. The molecule has 1 aromatic rings. The number of hydrogen-bond donors (Lipinski definition) is 0. The molecule has 0 unspecified atom stereocenters. The van der Waals surface area contributed by atoms with Crippen LogP contribution in [-0.4, -0.2) is 47.3 Å². The second kappa shape index (κ2) is 4.89. The summed E-state index contributed by atoms with van der Waals surface area (Å²) in [6, 6.07) is 7.84. The molecule has 6 atom stereocenters. The van der Waals surface area contributed by atoms with Crippen molar-refractivity contribution in [3.8, 4) is 0 Å². The smallest absolute Gasteiger partial charge is 0.235 e. The lowest BCUT2D eigenvalue weighted by Gasteiger charge is -2.26. The molecule has 3 fully saturated rings. The number of amides is 2. The van der Waals surface area contributed by atoms with Gasteiger partial charge in [0, 0.05) is 11.0 Å². The maximum Gasteiger partial charge on any atom is 0.235 e. The van der Waals surface area contributed by atoms with Gasteiger partial charge in [0.25, 0.3) is 0 Å². The van der Waals surface area contributed by atoms with Crippen LogP contribution in [0.25, 0.3) is 0 Å². The second-order valence-electron chi connectivity index (χ2n) is 6.62. The lowest BCUT2D eigenvalue weighted by atomic mass is 9.71. The number of ether oxygens (including phenoxy) is 1. The summed E-state index contributed by atoms with van der Waals surface area (Å²) in [5.41, 5.74) is 1.77. The number of carbonyl (C=O) groups is 2. The van der Waals surface area contributed by atoms with E-state index in [0.717, 1.165) is 15.7 Å². The first-order valence-electron chi connectivity index (χ1n) is 8.12. The topological polar surface area (TPSA) is 68.2 Å². The van der Waals surface area contributed by atoms with E-state index >= 15 is 0 Å². The average molecular weight is 391 g/mol. The van der Waals surface area contributed by atoms with Crippen LogP contribution in [-0.2, 0) is 19.2 Å². The molecule has 4 aliphatic rings. The number of likely N-dealkylation sites (tertiary alicyclic amines) is 1. The highest BCUT2D eigenvalue weighted by Gasteiger charge is 2.71. The Morgan fingerprint density at radius 3 is 2.38 bits per heavy atom. The Kier molecular flexibility index (Phi) is 2.98. The number of hydrogen-bond acceptors (Lipinski definition) is 5. The Bertz CT molecular complexity index is 777. The van der Waals surface area contributed by atoms with Crippen molar-refractivity contribution < 1.29 is 19.2 Å². The molecule has 0 N–H and O–H groups in total. The summed E-state index contributed by atoms with van der Waals surface area (Å²) in [4.78, 5) is 32.2. The van der Waals surface area contributed by atoms with Crippen molar-refractivity contribution in [1.82, 2.24) is 4.90 Å². The third-order valence-electron chi connectivity index (χ3n) is 5.59. The Balaban J connectivity index is 1.51. The molecule has 3 saturated heterocycles. The molecule has 2 amide bonds. The number of fused-ring (bicyclic) bond motifs is 8. The maximum atomic E-state index is 12.6. The van der Waals surface area contributed by atoms with Gasteiger partial charge in [-0.05, 0) is 24.6 Å². The van der Waals surface area contributed by atoms with E-state index < -0.39 is 11.8 Å². The lowest BCUT2D eigenvalue weighted by Crippen LogP contribution is -2.45. The van der Waals surface area contributed by atoms with Gasteiger partial charge in [-0.2, -0.15) is 0 Å². The van der Waals surface area contributed by atoms with Crippen molar-refractivity contribution >= 4 is 33.5 Å². The van der Waals surface area contributed by atoms with Crippen LogP contribution < -0.4 is 0 Å². The van der Waals surface area contributed by atoms with Crippen LogP contribution in [0.1, 0.15) is 12.5 Å². The van der Waals surface area contributed by atoms with Crippen molar-refractivity contribution in [1.29, 1.82) is 0 Å². The quantitative estimate of drug-likeness (QED) is 0.718. The van der Waals surface area contributed by atoms with Gasteiger partial charge in [0.05, 0.1) is 29.6 Å². The molecule has 4 heterocycles. The minimum atomic E-state index is -0.414. The van der Waals surface area contributed by atoms with E-state index in [1.54, 1.807) is 0 Å². The molecular formula is C17H15BrN2O4. The van der Waals surface area contributed by atoms with Gasteiger partial charge in [0.1, 0.15) is 6.10 Å². The van der Waals surface area contributed by atoms with Crippen LogP contribution in [0.5, 0.6) is 0 Å². The largest absolute Gasteiger partial charge is 0.389 e. The van der Waals surface area contributed by atoms with E-state index in [-0.39, 0.29) is 36.0 Å². The molecule has 0 saturated carbocycles. The van der Waals surface area contributed by atoms with Crippen molar-refractivity contribution in [2.24, 2.45) is 22.9 Å². The molecule has 0 aromatic heterocycles. The molecule has 0 spiro atoms. The zero-order chi connectivity index (χ0) is 16.6. The van der Waals surface area contributed by atoms with E-state index in [4.69, 9.17) is 9.57 Å². The highest BCUT2D eigenvalue weighted by Crippen LogP contribution is 2.54. The van der Waals surface area contributed by atoms with Gasteiger partial charge in [-0.1, -0.05) is 33.2 Å². The Morgan fingerprint density at radius 2 is 1.71 bits per heavy atom. The third kappa shape index (κ3) is 1.66. The number of imide groups is 1. The lowest BCUT2D eigenvalue weighted by molar-refractivity contribution is -0.142. The summed E-state index contributed by atoms with van der Waals surface area (Å²) in [6.07, 6.45) is -0.985. The molecule has 6 nitrogen and oxygen atoms in total. The summed E-state index contributed by atoms with van der Waals surface area (Å²) in [5.74, 6) is -1.14. The minimum absolute atomic E-state index is 0.0917. The second-order valence-corrected chi connectivity index (χ2v) is 7.53. The molecule has 0 radical (unpaired) electrons. The molecule has 4 aliphatic heterocycles. The Hall–Kier alpha value is -1.73. The van der Waals surface area contributed by atoms with Crippen LogP contribution in [0.3, 0.4) is 0 Å². The van der Waals surface area contributed by atoms with Gasteiger partial charge in [-0.15, -0.1) is 0 Å². The predicted octanol–water partition coefficient (Wildman–Crippen LogP) is 1.57. The SMILES string of the molecule is CCN1C(=O)[C@@H]2[C@H]3O[C@@H]([C@@H]4C(c5ccc(Br)cc5)=NO[C@@H]34)[C@@H]2C1=O. The monoisotopic (exact) mass is 390 g/mol. The van der Waals surface area contributed by atoms with Crippen molar-refractivity contribution in [2.75, 3.05) is 6.54 Å². The van der Waals surface area contributed by atoms with Crippen LogP contribution in [0.15, 0.2) is 33.9 Å². The summed E-state index contributed by atoms with van der Waals surface area (Å²) < 4.78 is 7.02. The van der Waals surface area contributed by atoms with E-state index in [1.165, 1.54) is 4.90 Å². The van der Waals surface area contributed by atoms with E-state index in [9.17, 15) is 9.59 Å². The molecule has 24 heavy (non-hydrogen) atoms. The van der Waals surface area contributed by atoms with Gasteiger partial charge in [0.15, 0.2) is 6.10 Å². The molecule has 2 bridgehead atoms. The first-order valence-corrected chi connectivity index (χ1v) is 8.91. The normalized spacial score (nSPS) is 39.1. The molecule has 124 valence electrons. The van der Waals surface area contributed by atoms with Gasteiger partial charge in [-0.3, -0.25) is 14.5 Å². The van der Waals surface area contributed by atoms with Crippen LogP contribution in [0.2, 0.25) is 0 Å². The van der Waals surface area contributed by atoms with Gasteiger partial charge >= 0.3 is 0 Å². The fraction of sp³-hybridized carbons (Fsp3) is 0.471. The number of halogens is 1. The third-order valence-corrected chi connectivity index (χ3v) is 6.12. The Labute approximate surface area is 146 Å². The van der Waals surface area contributed by atoms with Gasteiger partial charge < -0.3 is 9.57 Å². The number of carbonyl (C=O) groups excluding carboxylic acids is 2. The van der Waals surface area contributed by atoms with Crippen molar-refractivity contribution in [3.05, 3.63) is 34.3 Å². The van der Waals surface area contributed by atoms with Crippen LogP contribution in [0, 0.1) is 17.8 Å². The zero-order valence-electron chi connectivity index (χ0n) is 12.9. The number of nitrogens with zero attached hydrogens (tertiary/aromatic N) is 2. The van der Waals surface area contributed by atoms with Gasteiger partial charge in [-0.25, -0.2) is 0 Å². The highest BCUT2D eigenvalue weighted by molar-refractivity contribution is 9.10. The first kappa shape index (κ1) is 14.6. The molecule has 1 aromatic carbocycles. The maximum absolute atomic E-state index is 12.6. The number of rotatable bonds is 2. The molecule has 7 heteroatoms.